The minimum absolute atomic E-state index is 0.0306. The molecule has 1 aromatic carbocycles. The second-order valence-electron chi connectivity index (χ2n) is 4.04. The predicted octanol–water partition coefficient (Wildman–Crippen LogP) is 2.90. The van der Waals surface area contributed by atoms with Gasteiger partial charge in [-0.1, -0.05) is 43.5 Å². The maximum absolute atomic E-state index is 5.86. The fourth-order valence-electron chi connectivity index (χ4n) is 1.55. The number of nitrogens with zero attached hydrogens (tertiary/aromatic N) is 2. The van der Waals surface area contributed by atoms with Crippen LogP contribution in [0.25, 0.3) is 0 Å². The Labute approximate surface area is 113 Å². The monoisotopic (exact) mass is 266 g/mol. The van der Waals surface area contributed by atoms with E-state index in [1.165, 1.54) is 0 Å². The second kappa shape index (κ2) is 7.71. The molecule has 98 valence electrons. The molecule has 0 bridgehead atoms. The zero-order valence-electron chi connectivity index (χ0n) is 10.6. The summed E-state index contributed by atoms with van der Waals surface area (Å²) in [6, 6.07) is 7.52. The SMILES string of the molecule is CCCCC/C(=N/N=C(N)N)c1ccc(Cl)cc1. The van der Waals surface area contributed by atoms with Crippen molar-refractivity contribution in [3.63, 3.8) is 0 Å². The Bertz CT molecular complexity index is 419. The Hall–Kier alpha value is -1.55. The molecule has 0 aromatic heterocycles. The van der Waals surface area contributed by atoms with Crippen LogP contribution in [-0.4, -0.2) is 11.7 Å². The number of rotatable bonds is 6. The van der Waals surface area contributed by atoms with Crippen molar-refractivity contribution in [2.75, 3.05) is 0 Å². The van der Waals surface area contributed by atoms with Gasteiger partial charge in [-0.3, -0.25) is 0 Å². The lowest BCUT2D eigenvalue weighted by Crippen LogP contribution is -2.22. The van der Waals surface area contributed by atoms with Crippen molar-refractivity contribution in [2.24, 2.45) is 21.7 Å². The Balaban J connectivity index is 2.86. The first-order valence-electron chi connectivity index (χ1n) is 6.05. The third-order valence-electron chi connectivity index (χ3n) is 2.48. The fourth-order valence-corrected chi connectivity index (χ4v) is 1.68. The van der Waals surface area contributed by atoms with E-state index < -0.39 is 0 Å². The first-order valence-corrected chi connectivity index (χ1v) is 6.42. The third kappa shape index (κ3) is 5.19. The molecule has 1 aromatic rings. The van der Waals surface area contributed by atoms with Crippen LogP contribution in [0.4, 0.5) is 0 Å². The molecule has 1 rings (SSSR count). The van der Waals surface area contributed by atoms with Gasteiger partial charge in [-0.25, -0.2) is 0 Å². The van der Waals surface area contributed by atoms with E-state index in [0.717, 1.165) is 37.0 Å². The molecule has 0 aliphatic carbocycles. The van der Waals surface area contributed by atoms with Gasteiger partial charge in [-0.15, -0.1) is 5.10 Å². The zero-order chi connectivity index (χ0) is 13.4. The highest BCUT2D eigenvalue weighted by Gasteiger charge is 2.03. The van der Waals surface area contributed by atoms with Crippen LogP contribution in [0, 0.1) is 0 Å². The van der Waals surface area contributed by atoms with E-state index in [0.29, 0.717) is 5.02 Å². The molecule has 0 atom stereocenters. The molecule has 0 unspecified atom stereocenters. The molecule has 4 N–H and O–H groups in total. The quantitative estimate of drug-likeness (QED) is 0.359. The average Bonchev–Trinajstić information content (AvgIpc) is 2.34. The largest absolute Gasteiger partial charge is 0.369 e. The van der Waals surface area contributed by atoms with Crippen molar-refractivity contribution in [3.8, 4) is 0 Å². The van der Waals surface area contributed by atoms with Crippen molar-refractivity contribution in [3.05, 3.63) is 34.9 Å². The van der Waals surface area contributed by atoms with Crippen LogP contribution in [0.5, 0.6) is 0 Å². The summed E-state index contributed by atoms with van der Waals surface area (Å²) in [5, 5.41) is 8.54. The second-order valence-corrected chi connectivity index (χ2v) is 4.47. The van der Waals surface area contributed by atoms with Gasteiger partial charge in [0.15, 0.2) is 0 Å². The fraction of sp³-hybridized carbons (Fsp3) is 0.385. The maximum atomic E-state index is 5.86. The molecule has 5 heteroatoms. The van der Waals surface area contributed by atoms with Crippen LogP contribution < -0.4 is 11.5 Å². The molecule has 0 spiro atoms. The molecule has 0 saturated carbocycles. The number of unbranched alkanes of at least 4 members (excludes halogenated alkanes) is 2. The summed E-state index contributed by atoms with van der Waals surface area (Å²) in [7, 11) is 0. The third-order valence-corrected chi connectivity index (χ3v) is 2.73. The number of hydrogen-bond acceptors (Lipinski definition) is 2. The lowest BCUT2D eigenvalue weighted by molar-refractivity contribution is 0.741. The molecule has 0 radical (unpaired) electrons. The van der Waals surface area contributed by atoms with Gasteiger partial charge < -0.3 is 11.5 Å². The van der Waals surface area contributed by atoms with Crippen LogP contribution >= 0.6 is 11.6 Å². The summed E-state index contributed by atoms with van der Waals surface area (Å²) in [4.78, 5) is 0. The number of guanidine groups is 1. The van der Waals surface area contributed by atoms with Gasteiger partial charge in [0.1, 0.15) is 0 Å². The smallest absolute Gasteiger partial charge is 0.211 e. The molecule has 0 heterocycles. The van der Waals surface area contributed by atoms with Crippen molar-refractivity contribution < 1.29 is 0 Å². The minimum Gasteiger partial charge on any atom is -0.369 e. The highest BCUT2D eigenvalue weighted by molar-refractivity contribution is 6.30. The van der Waals surface area contributed by atoms with Crippen LogP contribution in [0.3, 0.4) is 0 Å². The maximum Gasteiger partial charge on any atom is 0.211 e. The van der Waals surface area contributed by atoms with Crippen molar-refractivity contribution in [1.29, 1.82) is 0 Å². The average molecular weight is 267 g/mol. The highest BCUT2D eigenvalue weighted by Crippen LogP contribution is 2.14. The summed E-state index contributed by atoms with van der Waals surface area (Å²) in [6.45, 7) is 2.16. The molecular formula is C13H19ClN4. The standard InChI is InChI=1S/C13H19ClN4/c1-2-3-4-5-12(17-18-13(15)16)10-6-8-11(14)9-7-10/h6-9H,2-5H2,1H3,(H4,15,16,18)/b17-12-. The number of hydrogen-bond donors (Lipinski definition) is 2. The van der Waals surface area contributed by atoms with Gasteiger partial charge in [-0.05, 0) is 30.5 Å². The lowest BCUT2D eigenvalue weighted by atomic mass is 10.0. The molecule has 0 aliphatic rings. The summed E-state index contributed by atoms with van der Waals surface area (Å²) in [5.74, 6) is -0.0306. The minimum atomic E-state index is -0.0306. The molecule has 0 fully saturated rings. The van der Waals surface area contributed by atoms with E-state index >= 15 is 0 Å². The summed E-state index contributed by atoms with van der Waals surface area (Å²) >= 11 is 5.86. The lowest BCUT2D eigenvalue weighted by Gasteiger charge is -2.05. The summed E-state index contributed by atoms with van der Waals surface area (Å²) < 4.78 is 0. The van der Waals surface area contributed by atoms with E-state index in [-0.39, 0.29) is 5.96 Å². The first-order chi connectivity index (χ1) is 8.63. The molecule has 18 heavy (non-hydrogen) atoms. The Morgan fingerprint density at radius 2 is 1.78 bits per heavy atom. The van der Waals surface area contributed by atoms with Gasteiger partial charge in [0.25, 0.3) is 0 Å². The molecule has 0 amide bonds. The van der Waals surface area contributed by atoms with Gasteiger partial charge in [0.05, 0.1) is 5.71 Å². The molecule has 4 nitrogen and oxygen atoms in total. The topological polar surface area (TPSA) is 76.8 Å². The van der Waals surface area contributed by atoms with Gasteiger partial charge in [-0.2, -0.15) is 5.10 Å². The van der Waals surface area contributed by atoms with E-state index in [1.54, 1.807) is 0 Å². The van der Waals surface area contributed by atoms with Crippen LogP contribution in [0.2, 0.25) is 5.02 Å². The van der Waals surface area contributed by atoms with E-state index in [2.05, 4.69) is 17.1 Å². The highest BCUT2D eigenvalue weighted by atomic mass is 35.5. The van der Waals surface area contributed by atoms with Crippen LogP contribution in [0.15, 0.2) is 34.5 Å². The van der Waals surface area contributed by atoms with Crippen molar-refractivity contribution >= 4 is 23.3 Å². The Morgan fingerprint density at radius 3 is 2.33 bits per heavy atom. The molecule has 0 saturated heterocycles. The Kier molecular flexibility index (Phi) is 6.22. The number of nitrogens with two attached hydrogens (primary N) is 2. The van der Waals surface area contributed by atoms with Crippen molar-refractivity contribution in [2.45, 2.75) is 32.6 Å². The normalized spacial score (nSPS) is 11.3. The number of benzene rings is 1. The molecule has 0 aliphatic heterocycles. The summed E-state index contributed by atoms with van der Waals surface area (Å²) in [5.41, 5.74) is 12.5. The summed E-state index contributed by atoms with van der Waals surface area (Å²) in [6.07, 6.45) is 4.24. The van der Waals surface area contributed by atoms with Crippen molar-refractivity contribution in [1.82, 2.24) is 0 Å². The predicted molar refractivity (Wildman–Crippen MR) is 77.9 cm³/mol. The molecular weight excluding hydrogens is 248 g/mol. The van der Waals surface area contributed by atoms with Gasteiger partial charge in [0.2, 0.25) is 5.96 Å². The van der Waals surface area contributed by atoms with E-state index in [1.807, 2.05) is 24.3 Å². The number of halogens is 1. The zero-order valence-corrected chi connectivity index (χ0v) is 11.3. The Morgan fingerprint density at radius 1 is 1.11 bits per heavy atom. The van der Waals surface area contributed by atoms with E-state index in [4.69, 9.17) is 23.1 Å². The van der Waals surface area contributed by atoms with E-state index in [9.17, 15) is 0 Å². The van der Waals surface area contributed by atoms with Crippen LogP contribution in [-0.2, 0) is 0 Å². The van der Waals surface area contributed by atoms with Gasteiger partial charge in [0, 0.05) is 5.02 Å². The van der Waals surface area contributed by atoms with Gasteiger partial charge >= 0.3 is 0 Å². The van der Waals surface area contributed by atoms with Crippen LogP contribution in [0.1, 0.15) is 38.2 Å². The first kappa shape index (κ1) is 14.5.